The van der Waals surface area contributed by atoms with Crippen LogP contribution in [0.4, 0.5) is 0 Å². The lowest BCUT2D eigenvalue weighted by Gasteiger charge is -2.36. The Labute approximate surface area is 117 Å². The number of carbonyl (C=O) groups excluding carboxylic acids is 1. The minimum absolute atomic E-state index is 0.157. The van der Waals surface area contributed by atoms with Crippen LogP contribution in [0.25, 0.3) is 0 Å². The Hall–Kier alpha value is -0.830. The molecule has 0 aliphatic carbocycles. The minimum atomic E-state index is 0.157. The fraction of sp³-hybridized carbons (Fsp3) is 0.533. The predicted octanol–water partition coefficient (Wildman–Crippen LogP) is 4.02. The maximum atomic E-state index is 12.6. The van der Waals surface area contributed by atoms with Gasteiger partial charge in [0.05, 0.1) is 5.56 Å². The summed E-state index contributed by atoms with van der Waals surface area (Å²) in [4.78, 5) is 14.6. The van der Waals surface area contributed by atoms with E-state index in [0.29, 0.717) is 6.04 Å². The number of carbonyl (C=O) groups is 1. The Bertz CT molecular complexity index is 458. The number of rotatable bonds is 1. The van der Waals surface area contributed by atoms with E-state index < -0.39 is 0 Å². The van der Waals surface area contributed by atoms with Gasteiger partial charge in [0.15, 0.2) is 0 Å². The Balaban J connectivity index is 2.23. The van der Waals surface area contributed by atoms with E-state index in [2.05, 4.69) is 29.8 Å². The van der Waals surface area contributed by atoms with Crippen LogP contribution in [0.2, 0.25) is 0 Å². The lowest BCUT2D eigenvalue weighted by atomic mass is 9.93. The molecule has 0 bridgehead atoms. The summed E-state index contributed by atoms with van der Waals surface area (Å²) in [5.41, 5.74) is 1.91. The second-order valence-corrected chi connectivity index (χ2v) is 6.31. The highest BCUT2D eigenvalue weighted by Crippen LogP contribution is 2.26. The summed E-state index contributed by atoms with van der Waals surface area (Å²) in [6.07, 6.45) is 2.22. The highest BCUT2D eigenvalue weighted by atomic mass is 79.9. The van der Waals surface area contributed by atoms with Crippen molar-refractivity contribution in [1.29, 1.82) is 0 Å². The second-order valence-electron chi connectivity index (χ2n) is 5.46. The van der Waals surface area contributed by atoms with E-state index >= 15 is 0 Å². The van der Waals surface area contributed by atoms with Crippen molar-refractivity contribution in [3.63, 3.8) is 0 Å². The molecule has 1 aromatic carbocycles. The van der Waals surface area contributed by atoms with Gasteiger partial charge < -0.3 is 4.90 Å². The number of likely N-dealkylation sites (tertiary alicyclic amines) is 1. The highest BCUT2D eigenvalue weighted by Gasteiger charge is 2.28. The van der Waals surface area contributed by atoms with Crippen LogP contribution in [0, 0.1) is 12.8 Å². The smallest absolute Gasteiger partial charge is 0.255 e. The van der Waals surface area contributed by atoms with Gasteiger partial charge in [-0.25, -0.2) is 0 Å². The van der Waals surface area contributed by atoms with Crippen LogP contribution in [-0.4, -0.2) is 23.4 Å². The van der Waals surface area contributed by atoms with Gasteiger partial charge in [-0.1, -0.05) is 18.6 Å². The summed E-state index contributed by atoms with van der Waals surface area (Å²) >= 11 is 3.48. The molecule has 1 aromatic rings. The van der Waals surface area contributed by atoms with Gasteiger partial charge in [-0.2, -0.15) is 0 Å². The lowest BCUT2D eigenvalue weighted by molar-refractivity contribution is 0.0587. The number of amides is 1. The quantitative estimate of drug-likeness (QED) is 0.767. The van der Waals surface area contributed by atoms with Crippen molar-refractivity contribution >= 4 is 21.8 Å². The number of benzene rings is 1. The number of piperidine rings is 1. The normalized spacial score (nSPS) is 24.1. The zero-order valence-corrected chi connectivity index (χ0v) is 12.8. The molecule has 1 saturated heterocycles. The van der Waals surface area contributed by atoms with Gasteiger partial charge in [0.2, 0.25) is 0 Å². The maximum absolute atomic E-state index is 12.6. The van der Waals surface area contributed by atoms with Gasteiger partial charge in [-0.3, -0.25) is 4.79 Å². The summed E-state index contributed by atoms with van der Waals surface area (Å²) in [7, 11) is 0. The molecule has 2 rings (SSSR count). The average Bonchev–Trinajstić information content (AvgIpc) is 2.31. The third kappa shape index (κ3) is 2.77. The SMILES string of the molecule is Cc1ccc(Br)c(C(=O)N2CCC(C)CC2C)c1. The predicted molar refractivity (Wildman–Crippen MR) is 77.8 cm³/mol. The number of hydrogen-bond acceptors (Lipinski definition) is 1. The van der Waals surface area contributed by atoms with Crippen LogP contribution < -0.4 is 0 Å². The van der Waals surface area contributed by atoms with E-state index in [9.17, 15) is 4.79 Å². The van der Waals surface area contributed by atoms with Crippen LogP contribution in [0.15, 0.2) is 22.7 Å². The maximum Gasteiger partial charge on any atom is 0.255 e. The molecule has 1 amide bonds. The Kier molecular flexibility index (Phi) is 4.10. The number of halogens is 1. The zero-order chi connectivity index (χ0) is 13.3. The molecule has 18 heavy (non-hydrogen) atoms. The standard InChI is InChI=1S/C15H20BrNO/c1-10-4-5-14(16)13(9-10)15(18)17-7-6-11(2)8-12(17)3/h4-5,9,11-12H,6-8H2,1-3H3. The van der Waals surface area contributed by atoms with Crippen molar-refractivity contribution in [3.05, 3.63) is 33.8 Å². The van der Waals surface area contributed by atoms with Crippen molar-refractivity contribution in [2.24, 2.45) is 5.92 Å². The van der Waals surface area contributed by atoms with Crippen LogP contribution in [0.1, 0.15) is 42.6 Å². The molecule has 1 heterocycles. The summed E-state index contributed by atoms with van der Waals surface area (Å²) in [6, 6.07) is 6.29. The van der Waals surface area contributed by atoms with Gasteiger partial charge in [0, 0.05) is 17.1 Å². The first-order chi connectivity index (χ1) is 8.49. The van der Waals surface area contributed by atoms with E-state index in [1.165, 1.54) is 0 Å². The van der Waals surface area contributed by atoms with Crippen LogP contribution in [0.3, 0.4) is 0 Å². The summed E-state index contributed by atoms with van der Waals surface area (Å²) < 4.78 is 0.893. The fourth-order valence-electron chi connectivity index (χ4n) is 2.67. The van der Waals surface area contributed by atoms with Gasteiger partial charge in [0.25, 0.3) is 5.91 Å². The molecule has 1 aliphatic rings. The summed E-state index contributed by atoms with van der Waals surface area (Å²) in [5.74, 6) is 0.884. The van der Waals surface area contributed by atoms with Crippen LogP contribution in [0.5, 0.6) is 0 Å². The molecule has 1 aliphatic heterocycles. The van der Waals surface area contributed by atoms with E-state index in [0.717, 1.165) is 40.9 Å². The molecular formula is C15H20BrNO. The molecule has 0 radical (unpaired) electrons. The molecule has 0 aromatic heterocycles. The van der Waals surface area contributed by atoms with Crippen molar-refractivity contribution < 1.29 is 4.79 Å². The average molecular weight is 310 g/mol. The molecule has 3 heteroatoms. The number of hydrogen-bond donors (Lipinski definition) is 0. The Morgan fingerprint density at radius 1 is 1.39 bits per heavy atom. The van der Waals surface area contributed by atoms with Gasteiger partial charge in [0.1, 0.15) is 0 Å². The van der Waals surface area contributed by atoms with Crippen LogP contribution >= 0.6 is 15.9 Å². The van der Waals surface area contributed by atoms with E-state index in [4.69, 9.17) is 0 Å². The third-order valence-electron chi connectivity index (χ3n) is 3.75. The van der Waals surface area contributed by atoms with Gasteiger partial charge >= 0.3 is 0 Å². The largest absolute Gasteiger partial charge is 0.336 e. The number of aryl methyl sites for hydroxylation is 1. The van der Waals surface area contributed by atoms with Crippen molar-refractivity contribution in [2.75, 3.05) is 6.54 Å². The van der Waals surface area contributed by atoms with Crippen molar-refractivity contribution in [1.82, 2.24) is 4.90 Å². The van der Waals surface area contributed by atoms with Crippen molar-refractivity contribution in [3.8, 4) is 0 Å². The van der Waals surface area contributed by atoms with E-state index in [1.54, 1.807) is 0 Å². The summed E-state index contributed by atoms with van der Waals surface area (Å²) in [5, 5.41) is 0. The van der Waals surface area contributed by atoms with Gasteiger partial charge in [-0.05, 0) is 60.7 Å². The van der Waals surface area contributed by atoms with E-state index in [-0.39, 0.29) is 5.91 Å². The second kappa shape index (κ2) is 5.43. The molecule has 0 N–H and O–H groups in total. The topological polar surface area (TPSA) is 20.3 Å². The molecule has 98 valence electrons. The Morgan fingerprint density at radius 3 is 2.78 bits per heavy atom. The number of nitrogens with zero attached hydrogens (tertiary/aromatic N) is 1. The summed E-state index contributed by atoms with van der Waals surface area (Å²) in [6.45, 7) is 7.31. The van der Waals surface area contributed by atoms with Gasteiger partial charge in [-0.15, -0.1) is 0 Å². The first-order valence-electron chi connectivity index (χ1n) is 6.56. The molecule has 0 saturated carbocycles. The fourth-order valence-corrected chi connectivity index (χ4v) is 3.08. The molecule has 2 unspecified atom stereocenters. The Morgan fingerprint density at radius 2 is 2.11 bits per heavy atom. The molecule has 2 atom stereocenters. The minimum Gasteiger partial charge on any atom is -0.336 e. The molecule has 0 spiro atoms. The van der Waals surface area contributed by atoms with E-state index in [1.807, 2.05) is 30.0 Å². The molecular weight excluding hydrogens is 290 g/mol. The first kappa shape index (κ1) is 13.6. The van der Waals surface area contributed by atoms with Crippen molar-refractivity contribution in [2.45, 2.75) is 39.7 Å². The first-order valence-corrected chi connectivity index (χ1v) is 7.35. The zero-order valence-electron chi connectivity index (χ0n) is 11.2. The monoisotopic (exact) mass is 309 g/mol. The lowest BCUT2D eigenvalue weighted by Crippen LogP contribution is -2.44. The molecule has 2 nitrogen and oxygen atoms in total. The molecule has 1 fully saturated rings. The van der Waals surface area contributed by atoms with Crippen LogP contribution in [-0.2, 0) is 0 Å². The highest BCUT2D eigenvalue weighted by molar-refractivity contribution is 9.10. The third-order valence-corrected chi connectivity index (χ3v) is 4.44.